The number of amides is 2. The molecule has 0 unspecified atom stereocenters. The number of nitrogens with zero attached hydrogens (tertiary/aromatic N) is 2. The predicted octanol–water partition coefficient (Wildman–Crippen LogP) is 3.59. The minimum Gasteiger partial charge on any atom is -0.348 e. The first kappa shape index (κ1) is 12.7. The third kappa shape index (κ3) is 2.37. The second kappa shape index (κ2) is 4.97. The standard InChI is InChI=1S/C14H14N4OS/c1-9-7-13(20-17-9)16-14(19)15-11-8-18(2)12-6-4-3-5-10(11)12/h3-8H,1-2H3,(H2,15,16,19). The van der Waals surface area contributed by atoms with Crippen molar-refractivity contribution in [1.82, 2.24) is 8.94 Å². The van der Waals surface area contributed by atoms with Crippen molar-refractivity contribution in [3.05, 3.63) is 42.2 Å². The second-order valence-electron chi connectivity index (χ2n) is 4.58. The number of carbonyl (C=O) groups is 1. The lowest BCUT2D eigenvalue weighted by Crippen LogP contribution is -2.18. The van der Waals surface area contributed by atoms with Crippen LogP contribution < -0.4 is 10.6 Å². The van der Waals surface area contributed by atoms with Gasteiger partial charge in [0.25, 0.3) is 0 Å². The Morgan fingerprint density at radius 3 is 2.85 bits per heavy atom. The summed E-state index contributed by atoms with van der Waals surface area (Å²) in [6.07, 6.45) is 1.90. The van der Waals surface area contributed by atoms with E-state index in [9.17, 15) is 4.79 Å². The fraction of sp³-hybridized carbons (Fsp3) is 0.143. The highest BCUT2D eigenvalue weighted by Gasteiger charge is 2.10. The zero-order valence-electron chi connectivity index (χ0n) is 11.2. The Morgan fingerprint density at radius 1 is 1.30 bits per heavy atom. The highest BCUT2D eigenvalue weighted by atomic mass is 32.1. The summed E-state index contributed by atoms with van der Waals surface area (Å²) in [7, 11) is 1.96. The number of hydrogen-bond donors (Lipinski definition) is 2. The van der Waals surface area contributed by atoms with Crippen LogP contribution in [0.15, 0.2) is 36.5 Å². The number of nitrogens with one attached hydrogen (secondary N) is 2. The normalized spacial score (nSPS) is 10.7. The highest BCUT2D eigenvalue weighted by molar-refractivity contribution is 7.10. The van der Waals surface area contributed by atoms with Crippen LogP contribution in [-0.2, 0) is 7.05 Å². The number of urea groups is 1. The summed E-state index contributed by atoms with van der Waals surface area (Å²) in [5.41, 5.74) is 2.77. The van der Waals surface area contributed by atoms with Crippen molar-refractivity contribution in [3.63, 3.8) is 0 Å². The molecular weight excluding hydrogens is 272 g/mol. The predicted molar refractivity (Wildman–Crippen MR) is 82.4 cm³/mol. The lowest BCUT2D eigenvalue weighted by atomic mass is 10.2. The van der Waals surface area contributed by atoms with Crippen LogP contribution in [0.4, 0.5) is 15.5 Å². The quantitative estimate of drug-likeness (QED) is 0.756. The van der Waals surface area contributed by atoms with Crippen molar-refractivity contribution in [3.8, 4) is 0 Å². The van der Waals surface area contributed by atoms with E-state index < -0.39 is 0 Å². The maximum absolute atomic E-state index is 12.0. The maximum atomic E-state index is 12.0. The van der Waals surface area contributed by atoms with Gasteiger partial charge in [-0.25, -0.2) is 4.79 Å². The van der Waals surface area contributed by atoms with Crippen LogP contribution in [0.5, 0.6) is 0 Å². The molecule has 2 amide bonds. The highest BCUT2D eigenvalue weighted by Crippen LogP contribution is 2.25. The smallest absolute Gasteiger partial charge is 0.324 e. The monoisotopic (exact) mass is 286 g/mol. The van der Waals surface area contributed by atoms with E-state index in [1.165, 1.54) is 11.5 Å². The van der Waals surface area contributed by atoms with E-state index in [2.05, 4.69) is 15.0 Å². The Balaban J connectivity index is 1.81. The number of carbonyl (C=O) groups excluding carboxylic acids is 1. The minimum atomic E-state index is -0.259. The fourth-order valence-corrected chi connectivity index (χ4v) is 2.79. The Labute approximate surface area is 120 Å². The molecule has 3 aromatic rings. The largest absolute Gasteiger partial charge is 0.348 e. The van der Waals surface area contributed by atoms with Gasteiger partial charge < -0.3 is 9.88 Å². The molecule has 2 N–H and O–H groups in total. The molecular formula is C14H14N4OS. The molecule has 0 saturated carbocycles. The van der Waals surface area contributed by atoms with Gasteiger partial charge in [0.2, 0.25) is 0 Å². The first-order valence-corrected chi connectivity index (χ1v) is 6.96. The van der Waals surface area contributed by atoms with Crippen LogP contribution >= 0.6 is 11.5 Å². The Morgan fingerprint density at radius 2 is 2.10 bits per heavy atom. The molecule has 0 saturated heterocycles. The van der Waals surface area contributed by atoms with Crippen molar-refractivity contribution < 1.29 is 4.79 Å². The van der Waals surface area contributed by atoms with Crippen LogP contribution in [0, 0.1) is 6.92 Å². The van der Waals surface area contributed by atoms with E-state index in [4.69, 9.17) is 0 Å². The Hall–Kier alpha value is -2.34. The summed E-state index contributed by atoms with van der Waals surface area (Å²) >= 11 is 1.27. The summed E-state index contributed by atoms with van der Waals surface area (Å²) < 4.78 is 6.11. The summed E-state index contributed by atoms with van der Waals surface area (Å²) in [4.78, 5) is 12.0. The van der Waals surface area contributed by atoms with Gasteiger partial charge in [-0.1, -0.05) is 18.2 Å². The van der Waals surface area contributed by atoms with Crippen LogP contribution in [-0.4, -0.2) is 15.0 Å². The summed E-state index contributed by atoms with van der Waals surface area (Å²) in [6, 6.07) is 9.52. The molecule has 0 bridgehead atoms. The van der Waals surface area contributed by atoms with Gasteiger partial charge in [0.1, 0.15) is 5.00 Å². The number of fused-ring (bicyclic) bond motifs is 1. The summed E-state index contributed by atoms with van der Waals surface area (Å²) in [5, 5.41) is 7.41. The van der Waals surface area contributed by atoms with Crippen LogP contribution in [0.25, 0.3) is 10.9 Å². The Kier molecular flexibility index (Phi) is 3.15. The minimum absolute atomic E-state index is 0.259. The molecule has 0 aliphatic carbocycles. The number of benzene rings is 1. The molecule has 0 radical (unpaired) electrons. The first-order chi connectivity index (χ1) is 9.63. The molecule has 20 heavy (non-hydrogen) atoms. The number of aromatic nitrogens is 2. The average Bonchev–Trinajstić information content (AvgIpc) is 2.95. The van der Waals surface area contributed by atoms with E-state index in [1.54, 1.807) is 0 Å². The topological polar surface area (TPSA) is 59.0 Å². The second-order valence-corrected chi connectivity index (χ2v) is 5.39. The molecule has 5 nitrogen and oxygen atoms in total. The first-order valence-electron chi connectivity index (χ1n) is 6.19. The molecule has 0 aliphatic rings. The number of anilines is 2. The molecule has 1 aromatic carbocycles. The van der Waals surface area contributed by atoms with E-state index >= 15 is 0 Å². The molecule has 0 fully saturated rings. The maximum Gasteiger partial charge on any atom is 0.324 e. The molecule has 3 rings (SSSR count). The van der Waals surface area contributed by atoms with Gasteiger partial charge >= 0.3 is 6.03 Å². The van der Waals surface area contributed by atoms with E-state index in [0.717, 1.165) is 27.3 Å². The van der Waals surface area contributed by atoms with Crippen molar-refractivity contribution in [2.75, 3.05) is 10.6 Å². The van der Waals surface area contributed by atoms with Crippen molar-refractivity contribution in [2.24, 2.45) is 7.05 Å². The lowest BCUT2D eigenvalue weighted by Gasteiger charge is -2.03. The molecule has 0 spiro atoms. The van der Waals surface area contributed by atoms with Gasteiger partial charge in [-0.3, -0.25) is 5.32 Å². The van der Waals surface area contributed by atoms with Gasteiger partial charge in [-0.2, -0.15) is 4.37 Å². The van der Waals surface area contributed by atoms with Gasteiger partial charge in [0, 0.05) is 24.1 Å². The number of rotatable bonds is 2. The molecule has 0 aliphatic heterocycles. The van der Waals surface area contributed by atoms with Crippen LogP contribution in [0.3, 0.4) is 0 Å². The molecule has 0 atom stereocenters. The number of aryl methyl sites for hydroxylation is 2. The molecule has 2 heterocycles. The number of para-hydroxylation sites is 1. The number of hydrogen-bond acceptors (Lipinski definition) is 3. The van der Waals surface area contributed by atoms with Gasteiger partial charge in [-0.15, -0.1) is 0 Å². The third-order valence-corrected chi connectivity index (χ3v) is 3.81. The zero-order valence-corrected chi connectivity index (χ0v) is 12.0. The molecule has 6 heteroatoms. The summed E-state index contributed by atoms with van der Waals surface area (Å²) in [5.74, 6) is 0. The van der Waals surface area contributed by atoms with E-state index in [-0.39, 0.29) is 6.03 Å². The average molecular weight is 286 g/mol. The van der Waals surface area contributed by atoms with E-state index in [0.29, 0.717) is 0 Å². The fourth-order valence-electron chi connectivity index (χ4n) is 2.13. The van der Waals surface area contributed by atoms with Gasteiger partial charge in [0.15, 0.2) is 0 Å². The van der Waals surface area contributed by atoms with Gasteiger partial charge in [-0.05, 0) is 30.6 Å². The van der Waals surface area contributed by atoms with E-state index in [1.807, 2.05) is 55.1 Å². The Bertz CT molecular complexity index is 774. The molecule has 2 aromatic heterocycles. The van der Waals surface area contributed by atoms with Crippen molar-refractivity contribution in [1.29, 1.82) is 0 Å². The SMILES string of the molecule is Cc1cc(NC(=O)Nc2cn(C)c3ccccc23)sn1. The van der Waals surface area contributed by atoms with Crippen LogP contribution in [0.1, 0.15) is 5.69 Å². The van der Waals surface area contributed by atoms with Crippen LogP contribution in [0.2, 0.25) is 0 Å². The molecule has 102 valence electrons. The zero-order chi connectivity index (χ0) is 14.1. The lowest BCUT2D eigenvalue weighted by molar-refractivity contribution is 0.262. The summed E-state index contributed by atoms with van der Waals surface area (Å²) in [6.45, 7) is 1.89. The van der Waals surface area contributed by atoms with Crippen molar-refractivity contribution >= 4 is 39.2 Å². The van der Waals surface area contributed by atoms with Crippen molar-refractivity contribution in [2.45, 2.75) is 6.92 Å². The third-order valence-electron chi connectivity index (χ3n) is 3.01. The van der Waals surface area contributed by atoms with Gasteiger partial charge in [0.05, 0.1) is 11.4 Å².